The first-order valence-electron chi connectivity index (χ1n) is 6.69. The summed E-state index contributed by atoms with van der Waals surface area (Å²) in [5, 5.41) is 16.0. The van der Waals surface area contributed by atoms with E-state index in [0.717, 1.165) is 11.3 Å². The molecule has 23 heavy (non-hydrogen) atoms. The number of nitrogens with one attached hydrogen (secondary N) is 1. The molecule has 0 aliphatic carbocycles. The summed E-state index contributed by atoms with van der Waals surface area (Å²) in [5.74, 6) is 0.577. The Morgan fingerprint density at radius 2 is 2.09 bits per heavy atom. The highest BCUT2D eigenvalue weighted by Gasteiger charge is 2.28. The van der Waals surface area contributed by atoms with Crippen molar-refractivity contribution in [3.8, 4) is 11.8 Å². The third-order valence-corrected chi connectivity index (χ3v) is 3.14. The Labute approximate surface area is 130 Å². The minimum absolute atomic E-state index is 0.0259. The number of rotatable bonds is 5. The molecule has 0 atom stereocenters. The molecule has 2 aromatic rings. The van der Waals surface area contributed by atoms with Crippen molar-refractivity contribution in [2.75, 3.05) is 11.9 Å². The van der Waals surface area contributed by atoms with Crippen LogP contribution in [0.2, 0.25) is 0 Å². The molecule has 1 heterocycles. The number of aromatic nitrogens is 1. The van der Waals surface area contributed by atoms with E-state index in [9.17, 15) is 13.2 Å². The van der Waals surface area contributed by atoms with E-state index >= 15 is 0 Å². The van der Waals surface area contributed by atoms with Crippen LogP contribution in [-0.2, 0) is 6.54 Å². The van der Waals surface area contributed by atoms with Crippen LogP contribution in [0.3, 0.4) is 0 Å². The van der Waals surface area contributed by atoms with Crippen molar-refractivity contribution in [1.82, 2.24) is 5.16 Å². The summed E-state index contributed by atoms with van der Waals surface area (Å²) in [7, 11) is 0. The number of benzene rings is 1. The maximum atomic E-state index is 12.2. The lowest BCUT2D eigenvalue weighted by Crippen LogP contribution is -2.19. The molecule has 1 N–H and O–H groups in total. The molecular weight excluding hydrogens is 311 g/mol. The fourth-order valence-electron chi connectivity index (χ4n) is 1.96. The molecule has 0 saturated heterocycles. The summed E-state index contributed by atoms with van der Waals surface area (Å²) in [4.78, 5) is 0. The first-order valence-corrected chi connectivity index (χ1v) is 6.69. The number of nitriles is 1. The van der Waals surface area contributed by atoms with Crippen LogP contribution in [0.5, 0.6) is 5.75 Å². The molecule has 2 rings (SSSR count). The standard InChI is InChI=1S/C15H14F3N3O2/c1-9-13(10(2)23-21-9)7-20-12-3-4-14(11(5-12)6-19)22-8-15(16,17)18/h3-5,20H,7-8H2,1-2H3. The van der Waals surface area contributed by atoms with Gasteiger partial charge in [0.1, 0.15) is 17.6 Å². The maximum Gasteiger partial charge on any atom is 0.422 e. The third-order valence-electron chi connectivity index (χ3n) is 3.14. The van der Waals surface area contributed by atoms with Gasteiger partial charge in [-0.1, -0.05) is 5.16 Å². The van der Waals surface area contributed by atoms with Crippen LogP contribution in [0.25, 0.3) is 0 Å². The van der Waals surface area contributed by atoms with Crippen molar-refractivity contribution in [3.63, 3.8) is 0 Å². The predicted molar refractivity (Wildman–Crippen MR) is 76.0 cm³/mol. The van der Waals surface area contributed by atoms with E-state index in [1.54, 1.807) is 13.0 Å². The van der Waals surface area contributed by atoms with Gasteiger partial charge in [0, 0.05) is 17.8 Å². The average Bonchev–Trinajstić information content (AvgIpc) is 2.81. The number of halogens is 3. The fraction of sp³-hybridized carbons (Fsp3) is 0.333. The number of aryl methyl sites for hydroxylation is 2. The highest BCUT2D eigenvalue weighted by molar-refractivity contribution is 5.56. The minimum Gasteiger partial charge on any atom is -0.483 e. The zero-order valence-electron chi connectivity index (χ0n) is 12.5. The summed E-state index contributed by atoms with van der Waals surface area (Å²) >= 11 is 0. The zero-order valence-corrected chi connectivity index (χ0v) is 12.5. The summed E-state index contributed by atoms with van der Waals surface area (Å²) in [5.41, 5.74) is 2.25. The van der Waals surface area contributed by atoms with E-state index < -0.39 is 12.8 Å². The number of ether oxygens (including phenoxy) is 1. The lowest BCUT2D eigenvalue weighted by Gasteiger charge is -2.12. The number of anilines is 1. The van der Waals surface area contributed by atoms with Crippen molar-refractivity contribution >= 4 is 5.69 Å². The molecular formula is C15H14F3N3O2. The van der Waals surface area contributed by atoms with Gasteiger partial charge >= 0.3 is 6.18 Å². The molecule has 1 aromatic heterocycles. The summed E-state index contributed by atoms with van der Waals surface area (Å²) < 4.78 is 46.2. The number of alkyl halides is 3. The van der Waals surface area contributed by atoms with Crippen LogP contribution in [0.1, 0.15) is 22.6 Å². The van der Waals surface area contributed by atoms with Crippen molar-refractivity contribution in [2.45, 2.75) is 26.6 Å². The largest absolute Gasteiger partial charge is 0.483 e. The van der Waals surface area contributed by atoms with Crippen molar-refractivity contribution in [2.24, 2.45) is 0 Å². The molecule has 0 unspecified atom stereocenters. The highest BCUT2D eigenvalue weighted by atomic mass is 19.4. The Balaban J connectivity index is 2.08. The molecule has 0 fully saturated rings. The SMILES string of the molecule is Cc1noc(C)c1CNc1ccc(OCC(F)(F)F)c(C#N)c1. The second kappa shape index (κ2) is 6.60. The van der Waals surface area contributed by atoms with Crippen LogP contribution < -0.4 is 10.1 Å². The van der Waals surface area contributed by atoms with Crippen molar-refractivity contribution in [3.05, 3.63) is 40.8 Å². The predicted octanol–water partition coefficient (Wildman–Crippen LogP) is 3.72. The van der Waals surface area contributed by atoms with E-state index in [4.69, 9.17) is 9.78 Å². The monoisotopic (exact) mass is 325 g/mol. The van der Waals surface area contributed by atoms with Gasteiger partial charge in [-0.15, -0.1) is 0 Å². The Bertz CT molecular complexity index is 713. The Morgan fingerprint density at radius 3 is 2.65 bits per heavy atom. The van der Waals surface area contributed by atoms with E-state index in [0.29, 0.717) is 18.0 Å². The molecule has 5 nitrogen and oxygen atoms in total. The normalized spacial score (nSPS) is 11.1. The second-order valence-electron chi connectivity index (χ2n) is 4.88. The van der Waals surface area contributed by atoms with Gasteiger partial charge in [0.2, 0.25) is 0 Å². The molecule has 0 bridgehead atoms. The molecule has 0 radical (unpaired) electrons. The van der Waals surface area contributed by atoms with Gasteiger partial charge in [-0.25, -0.2) is 0 Å². The van der Waals surface area contributed by atoms with Gasteiger partial charge in [0.25, 0.3) is 0 Å². The Kier molecular flexibility index (Phi) is 4.79. The van der Waals surface area contributed by atoms with Crippen LogP contribution in [-0.4, -0.2) is 17.9 Å². The van der Waals surface area contributed by atoms with Crippen molar-refractivity contribution < 1.29 is 22.4 Å². The van der Waals surface area contributed by atoms with Crippen LogP contribution in [0, 0.1) is 25.2 Å². The minimum atomic E-state index is -4.45. The van der Waals surface area contributed by atoms with Crippen molar-refractivity contribution in [1.29, 1.82) is 5.26 Å². The van der Waals surface area contributed by atoms with Gasteiger partial charge in [-0.05, 0) is 32.0 Å². The summed E-state index contributed by atoms with van der Waals surface area (Å²) in [6.45, 7) is 2.58. The molecule has 1 aromatic carbocycles. The fourth-order valence-corrected chi connectivity index (χ4v) is 1.96. The lowest BCUT2D eigenvalue weighted by molar-refractivity contribution is -0.153. The van der Waals surface area contributed by atoms with Gasteiger partial charge in [-0.2, -0.15) is 18.4 Å². The molecule has 122 valence electrons. The van der Waals surface area contributed by atoms with E-state index in [2.05, 4.69) is 15.2 Å². The second-order valence-corrected chi connectivity index (χ2v) is 4.88. The van der Waals surface area contributed by atoms with Crippen LogP contribution >= 0.6 is 0 Å². The number of hydrogen-bond acceptors (Lipinski definition) is 5. The quantitative estimate of drug-likeness (QED) is 0.907. The van der Waals surface area contributed by atoms with Gasteiger partial charge < -0.3 is 14.6 Å². The van der Waals surface area contributed by atoms with Gasteiger partial charge in [0.15, 0.2) is 6.61 Å². The molecule has 0 aliphatic rings. The topological polar surface area (TPSA) is 71.1 Å². The average molecular weight is 325 g/mol. The van der Waals surface area contributed by atoms with Gasteiger partial charge in [0.05, 0.1) is 11.3 Å². The third kappa shape index (κ3) is 4.39. The van der Waals surface area contributed by atoms with E-state index in [1.165, 1.54) is 12.1 Å². The maximum absolute atomic E-state index is 12.2. The molecule has 0 spiro atoms. The molecule has 0 amide bonds. The van der Waals surface area contributed by atoms with E-state index in [-0.39, 0.29) is 11.3 Å². The first kappa shape index (κ1) is 16.7. The molecule has 8 heteroatoms. The highest BCUT2D eigenvalue weighted by Crippen LogP contribution is 2.25. The molecule has 0 saturated carbocycles. The van der Waals surface area contributed by atoms with Gasteiger partial charge in [-0.3, -0.25) is 0 Å². The smallest absolute Gasteiger partial charge is 0.422 e. The molecule has 0 aliphatic heterocycles. The number of hydrogen-bond donors (Lipinski definition) is 1. The summed E-state index contributed by atoms with van der Waals surface area (Å²) in [6, 6.07) is 6.14. The van der Waals surface area contributed by atoms with E-state index in [1.807, 2.05) is 13.0 Å². The lowest BCUT2D eigenvalue weighted by atomic mass is 10.1. The Hall–Kier alpha value is -2.69. The zero-order chi connectivity index (χ0) is 17.0. The van der Waals surface area contributed by atoms with Crippen LogP contribution in [0.4, 0.5) is 18.9 Å². The summed E-state index contributed by atoms with van der Waals surface area (Å²) in [6.07, 6.45) is -4.45. The number of nitrogens with zero attached hydrogens (tertiary/aromatic N) is 2. The van der Waals surface area contributed by atoms with Crippen LogP contribution in [0.15, 0.2) is 22.7 Å². The Morgan fingerprint density at radius 1 is 1.35 bits per heavy atom. The first-order chi connectivity index (χ1) is 10.8.